The summed E-state index contributed by atoms with van der Waals surface area (Å²) in [5.41, 5.74) is 3.10. The van der Waals surface area contributed by atoms with E-state index in [1.54, 1.807) is 12.1 Å². The van der Waals surface area contributed by atoms with Crippen molar-refractivity contribution in [3.8, 4) is 0 Å². The number of hydrogen-bond donors (Lipinski definition) is 2. The Bertz CT molecular complexity index is 1030. The van der Waals surface area contributed by atoms with Gasteiger partial charge in [-0.3, -0.25) is 24.6 Å². The normalized spacial score (nSPS) is 14.6. The van der Waals surface area contributed by atoms with Crippen LogP contribution in [0.25, 0.3) is 0 Å². The van der Waals surface area contributed by atoms with Gasteiger partial charge in [0.1, 0.15) is 0 Å². The highest BCUT2D eigenvalue weighted by Crippen LogP contribution is 2.21. The van der Waals surface area contributed by atoms with Crippen LogP contribution in [0.3, 0.4) is 0 Å². The highest BCUT2D eigenvalue weighted by atomic mass is 32.1. The molecule has 1 saturated heterocycles. The highest BCUT2D eigenvalue weighted by Gasteiger charge is 2.25. The number of nitrogens with one attached hydrogen (secondary N) is 2. The largest absolute Gasteiger partial charge is 0.451 e. The van der Waals surface area contributed by atoms with Crippen LogP contribution in [-0.2, 0) is 25.7 Å². The Kier molecular flexibility index (Phi) is 6.81. The van der Waals surface area contributed by atoms with Crippen LogP contribution in [0.4, 0.5) is 5.69 Å². The molecule has 0 saturated carbocycles. The SMILES string of the molecule is CC(=O)NCc1ccc(C(=O)C(C)OC(=O)c2ccc(N3NC(=O)CCC3=O)cc2)s1. The van der Waals surface area contributed by atoms with E-state index in [0.717, 1.165) is 9.89 Å². The number of benzene rings is 1. The van der Waals surface area contributed by atoms with E-state index in [0.29, 0.717) is 17.1 Å². The predicted octanol–water partition coefficient (Wildman–Crippen LogP) is 1.97. The van der Waals surface area contributed by atoms with Crippen molar-refractivity contribution in [2.45, 2.75) is 39.3 Å². The summed E-state index contributed by atoms with van der Waals surface area (Å²) in [5, 5.41) is 3.80. The van der Waals surface area contributed by atoms with Crippen molar-refractivity contribution >= 4 is 46.5 Å². The minimum Gasteiger partial charge on any atom is -0.451 e. The summed E-state index contributed by atoms with van der Waals surface area (Å²) in [7, 11) is 0. The zero-order valence-corrected chi connectivity index (χ0v) is 17.8. The topological polar surface area (TPSA) is 122 Å². The van der Waals surface area contributed by atoms with Gasteiger partial charge in [-0.05, 0) is 43.3 Å². The molecule has 1 aromatic carbocycles. The molecule has 3 rings (SSSR count). The summed E-state index contributed by atoms with van der Waals surface area (Å²) < 4.78 is 5.28. The third-order valence-corrected chi connectivity index (χ3v) is 5.58. The third kappa shape index (κ3) is 5.54. The van der Waals surface area contributed by atoms with E-state index in [-0.39, 0.29) is 41.9 Å². The zero-order chi connectivity index (χ0) is 22.5. The van der Waals surface area contributed by atoms with Crippen LogP contribution in [0.1, 0.15) is 51.6 Å². The van der Waals surface area contributed by atoms with Crippen molar-refractivity contribution in [2.24, 2.45) is 0 Å². The number of esters is 1. The van der Waals surface area contributed by atoms with E-state index in [1.807, 2.05) is 0 Å². The van der Waals surface area contributed by atoms with Gasteiger partial charge >= 0.3 is 5.97 Å². The van der Waals surface area contributed by atoms with Crippen LogP contribution in [0.2, 0.25) is 0 Å². The molecular formula is C21H21N3O6S. The van der Waals surface area contributed by atoms with Gasteiger partial charge in [0.2, 0.25) is 23.5 Å². The first-order valence-corrected chi connectivity index (χ1v) is 10.4. The van der Waals surface area contributed by atoms with E-state index in [1.165, 1.54) is 49.4 Å². The molecule has 0 spiro atoms. The highest BCUT2D eigenvalue weighted by molar-refractivity contribution is 7.14. The number of carbonyl (C=O) groups is 5. The van der Waals surface area contributed by atoms with Crippen LogP contribution >= 0.6 is 11.3 Å². The van der Waals surface area contributed by atoms with Gasteiger partial charge in [-0.25, -0.2) is 9.80 Å². The van der Waals surface area contributed by atoms with Crippen LogP contribution in [0.15, 0.2) is 36.4 Å². The number of carbonyl (C=O) groups excluding carboxylic acids is 5. The predicted molar refractivity (Wildman–Crippen MR) is 112 cm³/mol. The van der Waals surface area contributed by atoms with Crippen molar-refractivity contribution in [1.82, 2.24) is 10.7 Å². The quantitative estimate of drug-likeness (QED) is 0.498. The molecule has 1 fully saturated rings. The number of hydrazine groups is 1. The molecular weight excluding hydrogens is 422 g/mol. The molecule has 31 heavy (non-hydrogen) atoms. The number of anilines is 1. The molecule has 9 nitrogen and oxygen atoms in total. The number of ether oxygens (including phenoxy) is 1. The summed E-state index contributed by atoms with van der Waals surface area (Å²) in [6.45, 7) is 3.23. The summed E-state index contributed by atoms with van der Waals surface area (Å²) in [6, 6.07) is 9.31. The molecule has 162 valence electrons. The first kappa shape index (κ1) is 22.2. The minimum absolute atomic E-state index is 0.116. The number of Topliss-reactive ketones (excluding diaryl/α,β-unsaturated/α-hetero) is 1. The van der Waals surface area contributed by atoms with Gasteiger partial charge in [-0.15, -0.1) is 11.3 Å². The monoisotopic (exact) mass is 443 g/mol. The van der Waals surface area contributed by atoms with Crippen LogP contribution in [0, 0.1) is 0 Å². The Hall–Kier alpha value is -3.53. The first-order valence-electron chi connectivity index (χ1n) is 9.55. The van der Waals surface area contributed by atoms with Gasteiger partial charge in [0.15, 0.2) is 6.10 Å². The van der Waals surface area contributed by atoms with Gasteiger partial charge in [-0.2, -0.15) is 0 Å². The van der Waals surface area contributed by atoms with Crippen LogP contribution < -0.4 is 15.8 Å². The molecule has 2 aromatic rings. The van der Waals surface area contributed by atoms with E-state index < -0.39 is 12.1 Å². The van der Waals surface area contributed by atoms with Gasteiger partial charge in [0.25, 0.3) is 0 Å². The Morgan fingerprint density at radius 3 is 2.52 bits per heavy atom. The number of ketones is 1. The maximum absolute atomic E-state index is 12.6. The fourth-order valence-corrected chi connectivity index (χ4v) is 3.80. The fraction of sp³-hybridized carbons (Fsp3) is 0.286. The fourth-order valence-electron chi connectivity index (χ4n) is 2.83. The lowest BCUT2D eigenvalue weighted by atomic mass is 10.1. The van der Waals surface area contributed by atoms with E-state index in [2.05, 4.69) is 10.7 Å². The first-order chi connectivity index (χ1) is 14.7. The van der Waals surface area contributed by atoms with E-state index >= 15 is 0 Å². The van der Waals surface area contributed by atoms with Gasteiger partial charge in [0, 0.05) is 24.6 Å². The molecule has 3 amide bonds. The molecule has 1 unspecified atom stereocenters. The molecule has 1 aromatic heterocycles. The van der Waals surface area contributed by atoms with Crippen molar-refractivity contribution < 1.29 is 28.7 Å². The Morgan fingerprint density at radius 2 is 1.84 bits per heavy atom. The van der Waals surface area contributed by atoms with Crippen molar-refractivity contribution in [3.63, 3.8) is 0 Å². The number of nitrogens with zero attached hydrogens (tertiary/aromatic N) is 1. The molecule has 1 atom stereocenters. The lowest BCUT2D eigenvalue weighted by molar-refractivity contribution is -0.130. The molecule has 0 aliphatic carbocycles. The van der Waals surface area contributed by atoms with Crippen molar-refractivity contribution in [1.29, 1.82) is 0 Å². The summed E-state index contributed by atoms with van der Waals surface area (Å²) in [4.78, 5) is 60.7. The Balaban J connectivity index is 1.60. The smallest absolute Gasteiger partial charge is 0.338 e. The number of rotatable bonds is 7. The number of amides is 3. The van der Waals surface area contributed by atoms with Crippen LogP contribution in [-0.4, -0.2) is 35.6 Å². The number of thiophene rings is 1. The van der Waals surface area contributed by atoms with Crippen molar-refractivity contribution in [3.05, 3.63) is 51.7 Å². The van der Waals surface area contributed by atoms with Crippen molar-refractivity contribution in [2.75, 3.05) is 5.01 Å². The van der Waals surface area contributed by atoms with Gasteiger partial charge in [-0.1, -0.05) is 0 Å². The summed E-state index contributed by atoms with van der Waals surface area (Å²) in [5.74, 6) is -1.70. The molecule has 0 radical (unpaired) electrons. The number of hydrogen-bond acceptors (Lipinski definition) is 7. The second-order valence-corrected chi connectivity index (χ2v) is 8.07. The Labute approximate surface area is 182 Å². The lowest BCUT2D eigenvalue weighted by Gasteiger charge is -2.27. The third-order valence-electron chi connectivity index (χ3n) is 4.48. The average molecular weight is 443 g/mol. The maximum atomic E-state index is 12.6. The molecule has 1 aliphatic heterocycles. The summed E-state index contributed by atoms with van der Waals surface area (Å²) >= 11 is 1.22. The van der Waals surface area contributed by atoms with E-state index in [9.17, 15) is 24.0 Å². The summed E-state index contributed by atoms with van der Waals surface area (Å²) in [6.07, 6.45) is -0.739. The second-order valence-electron chi connectivity index (χ2n) is 6.90. The lowest BCUT2D eigenvalue weighted by Crippen LogP contribution is -2.50. The molecule has 1 aliphatic rings. The maximum Gasteiger partial charge on any atom is 0.338 e. The van der Waals surface area contributed by atoms with Crippen LogP contribution in [0.5, 0.6) is 0 Å². The van der Waals surface area contributed by atoms with Gasteiger partial charge in [0.05, 0.1) is 22.7 Å². The standard InChI is InChI=1S/C21H21N3O6S/c1-12(20(28)17-8-7-16(31-17)11-22-13(2)25)30-21(29)14-3-5-15(6-4-14)24-19(27)10-9-18(26)23-24/h3-8,12H,9-11H2,1-2H3,(H,22,25)(H,23,26). The second kappa shape index (κ2) is 9.52. The average Bonchev–Trinajstić information content (AvgIpc) is 3.22. The molecule has 10 heteroatoms. The van der Waals surface area contributed by atoms with Gasteiger partial charge < -0.3 is 10.1 Å². The Morgan fingerprint density at radius 1 is 1.13 bits per heavy atom. The molecule has 2 heterocycles. The molecule has 2 N–H and O–H groups in total. The molecule has 0 bridgehead atoms. The zero-order valence-electron chi connectivity index (χ0n) is 17.0. The van der Waals surface area contributed by atoms with E-state index in [4.69, 9.17) is 4.74 Å². The minimum atomic E-state index is -0.998.